The number of aromatic nitrogens is 3. The minimum Gasteiger partial charge on any atom is -0.477 e. The van der Waals surface area contributed by atoms with Crippen LogP contribution in [0.3, 0.4) is 0 Å². The number of rotatable bonds is 5. The monoisotopic (exact) mass is 375 g/mol. The molecule has 0 amide bonds. The van der Waals surface area contributed by atoms with E-state index in [2.05, 4.69) is 9.97 Å². The zero-order valence-electron chi connectivity index (χ0n) is 13.4. The standard InChI is InChI=1S/C18H15Cl2N3O2/c1-2-15-16(18(24)25)23(10-12-8-13(19)5-6-14(12)20)17(22-15)11-4-3-7-21-9-11/h3-9H,2,10H2,1H3,(H,24,25). The molecule has 2 aromatic heterocycles. The third kappa shape index (κ3) is 3.52. The molecule has 5 nitrogen and oxygen atoms in total. The van der Waals surface area contributed by atoms with Crippen molar-refractivity contribution in [1.29, 1.82) is 0 Å². The summed E-state index contributed by atoms with van der Waals surface area (Å²) in [7, 11) is 0. The fourth-order valence-corrected chi connectivity index (χ4v) is 3.06. The van der Waals surface area contributed by atoms with Crippen LogP contribution < -0.4 is 0 Å². The first-order chi connectivity index (χ1) is 12.0. The van der Waals surface area contributed by atoms with E-state index in [1.54, 1.807) is 41.2 Å². The summed E-state index contributed by atoms with van der Waals surface area (Å²) in [5.74, 6) is -0.490. The highest BCUT2D eigenvalue weighted by atomic mass is 35.5. The summed E-state index contributed by atoms with van der Waals surface area (Å²) in [4.78, 5) is 20.5. The zero-order chi connectivity index (χ0) is 18.0. The topological polar surface area (TPSA) is 68.0 Å². The maximum absolute atomic E-state index is 11.9. The lowest BCUT2D eigenvalue weighted by molar-refractivity contribution is 0.0684. The SMILES string of the molecule is CCc1nc(-c2cccnc2)n(Cc2cc(Cl)ccc2Cl)c1C(=O)O. The van der Waals surface area contributed by atoms with Gasteiger partial charge in [-0.2, -0.15) is 0 Å². The summed E-state index contributed by atoms with van der Waals surface area (Å²) < 4.78 is 1.65. The predicted octanol–water partition coefficient (Wildman–Crippen LogP) is 4.56. The van der Waals surface area contributed by atoms with Crippen molar-refractivity contribution < 1.29 is 9.90 Å². The summed E-state index contributed by atoms with van der Waals surface area (Å²) in [6.07, 6.45) is 3.82. The van der Waals surface area contributed by atoms with Gasteiger partial charge in [-0.1, -0.05) is 30.1 Å². The molecule has 128 valence electrons. The normalized spacial score (nSPS) is 10.8. The van der Waals surface area contributed by atoms with Gasteiger partial charge in [-0.25, -0.2) is 9.78 Å². The van der Waals surface area contributed by atoms with Gasteiger partial charge in [0.1, 0.15) is 5.82 Å². The molecule has 1 N–H and O–H groups in total. The van der Waals surface area contributed by atoms with E-state index in [4.69, 9.17) is 23.2 Å². The first-order valence-electron chi connectivity index (χ1n) is 7.68. The summed E-state index contributed by atoms with van der Waals surface area (Å²) in [5.41, 5.74) is 2.13. The van der Waals surface area contributed by atoms with Gasteiger partial charge < -0.3 is 9.67 Å². The molecule has 0 bridgehead atoms. The van der Waals surface area contributed by atoms with E-state index in [9.17, 15) is 9.90 Å². The van der Waals surface area contributed by atoms with Gasteiger partial charge in [-0.3, -0.25) is 4.98 Å². The number of aromatic carboxylic acids is 1. The number of pyridine rings is 1. The summed E-state index contributed by atoms with van der Waals surface area (Å²) in [6, 6.07) is 8.75. The highest BCUT2D eigenvalue weighted by Crippen LogP contribution is 2.27. The first kappa shape index (κ1) is 17.5. The predicted molar refractivity (Wildman–Crippen MR) is 97.4 cm³/mol. The number of hydrogen-bond donors (Lipinski definition) is 1. The number of aryl methyl sites for hydroxylation is 1. The Balaban J connectivity index is 2.20. The molecule has 0 spiro atoms. The Labute approximate surface area is 154 Å². The molecule has 0 radical (unpaired) electrons. The van der Waals surface area contributed by atoms with Gasteiger partial charge in [0.25, 0.3) is 0 Å². The van der Waals surface area contributed by atoms with Crippen LogP contribution in [-0.4, -0.2) is 25.6 Å². The van der Waals surface area contributed by atoms with Crippen LogP contribution in [0.5, 0.6) is 0 Å². The quantitative estimate of drug-likeness (QED) is 0.709. The van der Waals surface area contributed by atoms with Crippen molar-refractivity contribution in [2.24, 2.45) is 0 Å². The second-order valence-corrected chi connectivity index (χ2v) is 6.30. The van der Waals surface area contributed by atoms with Crippen LogP contribution in [0.1, 0.15) is 28.7 Å². The molecule has 1 aromatic carbocycles. The van der Waals surface area contributed by atoms with Crippen molar-refractivity contribution in [3.05, 3.63) is 69.7 Å². The molecule has 2 heterocycles. The summed E-state index contributed by atoms with van der Waals surface area (Å²) in [6.45, 7) is 2.12. The van der Waals surface area contributed by atoms with Gasteiger partial charge in [0, 0.05) is 28.0 Å². The van der Waals surface area contributed by atoms with Crippen LogP contribution >= 0.6 is 23.2 Å². The minimum absolute atomic E-state index is 0.150. The summed E-state index contributed by atoms with van der Waals surface area (Å²) >= 11 is 12.3. The van der Waals surface area contributed by atoms with Gasteiger partial charge in [0.2, 0.25) is 0 Å². The molecule has 0 aliphatic rings. The molecule has 0 saturated heterocycles. The highest BCUT2D eigenvalue weighted by Gasteiger charge is 2.23. The molecule has 3 aromatic rings. The maximum atomic E-state index is 11.9. The molecular weight excluding hydrogens is 361 g/mol. The Morgan fingerprint density at radius 3 is 2.72 bits per heavy atom. The van der Waals surface area contributed by atoms with Crippen molar-refractivity contribution in [2.75, 3.05) is 0 Å². The van der Waals surface area contributed by atoms with E-state index < -0.39 is 5.97 Å². The molecule has 7 heteroatoms. The maximum Gasteiger partial charge on any atom is 0.354 e. The lowest BCUT2D eigenvalue weighted by atomic mass is 10.2. The molecule has 0 aliphatic carbocycles. The van der Waals surface area contributed by atoms with Gasteiger partial charge in [-0.15, -0.1) is 0 Å². The Kier molecular flexibility index (Phi) is 5.06. The Morgan fingerprint density at radius 1 is 1.28 bits per heavy atom. The average molecular weight is 376 g/mol. The Hall–Kier alpha value is -2.37. The van der Waals surface area contributed by atoms with E-state index in [1.807, 2.05) is 13.0 Å². The van der Waals surface area contributed by atoms with E-state index in [-0.39, 0.29) is 12.2 Å². The van der Waals surface area contributed by atoms with Crippen molar-refractivity contribution in [3.63, 3.8) is 0 Å². The van der Waals surface area contributed by atoms with Crippen molar-refractivity contribution in [2.45, 2.75) is 19.9 Å². The van der Waals surface area contributed by atoms with E-state index in [0.717, 1.165) is 11.1 Å². The molecule has 0 saturated carbocycles. The number of imidazole rings is 1. The molecule has 0 fully saturated rings. The zero-order valence-corrected chi connectivity index (χ0v) is 14.9. The van der Waals surface area contributed by atoms with Crippen LogP contribution in [-0.2, 0) is 13.0 Å². The van der Waals surface area contributed by atoms with Crippen molar-refractivity contribution in [3.8, 4) is 11.4 Å². The number of halogens is 2. The summed E-state index contributed by atoms with van der Waals surface area (Å²) in [5, 5.41) is 10.8. The van der Waals surface area contributed by atoms with Crippen molar-refractivity contribution >= 4 is 29.2 Å². The van der Waals surface area contributed by atoms with Gasteiger partial charge in [-0.05, 0) is 42.3 Å². The number of benzene rings is 1. The van der Waals surface area contributed by atoms with Crippen LogP contribution in [0.15, 0.2) is 42.7 Å². The second-order valence-electron chi connectivity index (χ2n) is 5.45. The van der Waals surface area contributed by atoms with Crippen molar-refractivity contribution in [1.82, 2.24) is 14.5 Å². The first-order valence-corrected chi connectivity index (χ1v) is 8.43. The Bertz CT molecular complexity index is 924. The lowest BCUT2D eigenvalue weighted by Crippen LogP contribution is -2.12. The number of carboxylic acid groups (broad SMARTS) is 1. The lowest BCUT2D eigenvalue weighted by Gasteiger charge is -2.12. The van der Waals surface area contributed by atoms with Gasteiger partial charge in [0.05, 0.1) is 12.2 Å². The smallest absolute Gasteiger partial charge is 0.354 e. The highest BCUT2D eigenvalue weighted by molar-refractivity contribution is 6.33. The van der Waals surface area contributed by atoms with Crippen LogP contribution in [0, 0.1) is 0 Å². The Morgan fingerprint density at radius 2 is 2.08 bits per heavy atom. The minimum atomic E-state index is -1.03. The average Bonchev–Trinajstić information content (AvgIpc) is 2.97. The molecular formula is C18H15Cl2N3O2. The molecule has 0 atom stereocenters. The molecule has 3 rings (SSSR count). The van der Waals surface area contributed by atoms with E-state index >= 15 is 0 Å². The molecule has 0 unspecified atom stereocenters. The largest absolute Gasteiger partial charge is 0.477 e. The van der Waals surface area contributed by atoms with Gasteiger partial charge >= 0.3 is 5.97 Å². The second kappa shape index (κ2) is 7.25. The van der Waals surface area contributed by atoms with E-state index in [1.165, 1.54) is 0 Å². The van der Waals surface area contributed by atoms with Crippen LogP contribution in [0.25, 0.3) is 11.4 Å². The molecule has 0 aliphatic heterocycles. The fraction of sp³-hybridized carbons (Fsp3) is 0.167. The number of carboxylic acids is 1. The number of hydrogen-bond acceptors (Lipinski definition) is 3. The van der Waals surface area contributed by atoms with Crippen LogP contribution in [0.4, 0.5) is 0 Å². The van der Waals surface area contributed by atoms with Gasteiger partial charge in [0.15, 0.2) is 5.69 Å². The number of carbonyl (C=O) groups is 1. The van der Waals surface area contributed by atoms with Crippen LogP contribution in [0.2, 0.25) is 10.0 Å². The number of nitrogens with zero attached hydrogens (tertiary/aromatic N) is 3. The fourth-order valence-electron chi connectivity index (χ4n) is 2.69. The third-order valence-corrected chi connectivity index (χ3v) is 4.44. The van der Waals surface area contributed by atoms with E-state index in [0.29, 0.717) is 28.0 Å². The molecule has 25 heavy (non-hydrogen) atoms. The third-order valence-electron chi connectivity index (χ3n) is 3.83.